The van der Waals surface area contributed by atoms with Crippen LogP contribution in [0.1, 0.15) is 20.3 Å². The second-order valence-corrected chi connectivity index (χ2v) is 2.82. The van der Waals surface area contributed by atoms with Gasteiger partial charge in [0.25, 0.3) is 0 Å². The van der Waals surface area contributed by atoms with E-state index < -0.39 is 0 Å². The fourth-order valence-electron chi connectivity index (χ4n) is 0.522. The zero-order valence-corrected chi connectivity index (χ0v) is 7.64. The Morgan fingerprint density at radius 3 is 2.62 bits per heavy atom. The summed E-state index contributed by atoms with van der Waals surface area (Å²) in [5.74, 6) is 0. The van der Waals surface area contributed by atoms with E-state index in [0.29, 0.717) is 6.10 Å². The summed E-state index contributed by atoms with van der Waals surface area (Å²) in [5.41, 5.74) is 0. The van der Waals surface area contributed by atoms with Crippen molar-refractivity contribution in [1.29, 1.82) is 0 Å². The molecule has 0 bridgehead atoms. The van der Waals surface area contributed by atoms with E-state index in [9.17, 15) is 0 Å². The second-order valence-electron chi connectivity index (χ2n) is 1.74. The van der Waals surface area contributed by atoms with Gasteiger partial charge in [-0.25, -0.2) is 0 Å². The predicted octanol–water partition coefficient (Wildman–Crippen LogP) is 2.24. The van der Waals surface area contributed by atoms with Gasteiger partial charge in [-0.1, -0.05) is 22.6 Å². The third-order valence-electron chi connectivity index (χ3n) is 0.967. The molecule has 8 heavy (non-hydrogen) atoms. The monoisotopic (exact) mass is 228 g/mol. The van der Waals surface area contributed by atoms with Crippen molar-refractivity contribution in [2.45, 2.75) is 26.4 Å². The first-order valence-electron chi connectivity index (χ1n) is 2.98. The summed E-state index contributed by atoms with van der Waals surface area (Å²) in [4.78, 5) is 0. The number of ether oxygens (including phenoxy) is 1. The van der Waals surface area contributed by atoms with E-state index in [0.717, 1.165) is 6.61 Å². The zero-order chi connectivity index (χ0) is 6.41. The summed E-state index contributed by atoms with van der Waals surface area (Å²) < 4.78 is 6.47. The summed E-state index contributed by atoms with van der Waals surface area (Å²) in [6, 6.07) is 0. The number of hydrogen-bond acceptors (Lipinski definition) is 1. The van der Waals surface area contributed by atoms with Crippen LogP contribution in [-0.4, -0.2) is 17.1 Å². The van der Waals surface area contributed by atoms with Gasteiger partial charge in [0.15, 0.2) is 0 Å². The van der Waals surface area contributed by atoms with Crippen molar-refractivity contribution in [3.05, 3.63) is 0 Å². The van der Waals surface area contributed by atoms with Crippen LogP contribution in [-0.2, 0) is 4.74 Å². The molecule has 2 heteroatoms. The average molecular weight is 228 g/mol. The first kappa shape index (κ1) is 8.69. The first-order chi connectivity index (χ1) is 3.81. The summed E-state index contributed by atoms with van der Waals surface area (Å²) >= 11 is 2.36. The minimum Gasteiger partial charge on any atom is -0.379 e. The van der Waals surface area contributed by atoms with Crippen molar-refractivity contribution in [2.24, 2.45) is 0 Å². The van der Waals surface area contributed by atoms with Crippen molar-refractivity contribution in [1.82, 2.24) is 0 Å². The van der Waals surface area contributed by atoms with Gasteiger partial charge < -0.3 is 4.74 Å². The van der Waals surface area contributed by atoms with Crippen molar-refractivity contribution in [3.8, 4) is 0 Å². The van der Waals surface area contributed by atoms with Crippen LogP contribution in [0.25, 0.3) is 0 Å². The van der Waals surface area contributed by atoms with Gasteiger partial charge in [-0.3, -0.25) is 0 Å². The maximum atomic E-state index is 5.28. The fraction of sp³-hybridized carbons (Fsp3) is 1.00. The van der Waals surface area contributed by atoms with Gasteiger partial charge in [0.1, 0.15) is 0 Å². The van der Waals surface area contributed by atoms with Crippen molar-refractivity contribution in [2.75, 3.05) is 11.0 Å². The molecule has 50 valence electrons. The molecule has 0 spiro atoms. The maximum Gasteiger partial charge on any atom is 0.0554 e. The summed E-state index contributed by atoms with van der Waals surface area (Å²) in [7, 11) is 0. The maximum absolute atomic E-state index is 5.28. The minimum absolute atomic E-state index is 0.455. The van der Waals surface area contributed by atoms with Crippen LogP contribution in [0.5, 0.6) is 0 Å². The Morgan fingerprint density at radius 2 is 2.25 bits per heavy atom. The molecule has 0 fully saturated rings. The van der Waals surface area contributed by atoms with E-state index in [-0.39, 0.29) is 0 Å². The number of hydrogen-bond donors (Lipinski definition) is 0. The molecule has 0 radical (unpaired) electrons. The van der Waals surface area contributed by atoms with Gasteiger partial charge in [0.2, 0.25) is 0 Å². The van der Waals surface area contributed by atoms with E-state index in [1.54, 1.807) is 0 Å². The normalized spacial score (nSPS) is 13.9. The average Bonchev–Trinajstić information content (AvgIpc) is 1.68. The number of rotatable bonds is 4. The van der Waals surface area contributed by atoms with Crippen LogP contribution in [0.4, 0.5) is 0 Å². The largest absolute Gasteiger partial charge is 0.379 e. The number of alkyl halides is 1. The Bertz CT molecular complexity index is 41.8. The van der Waals surface area contributed by atoms with Crippen molar-refractivity contribution >= 4 is 22.6 Å². The lowest BCUT2D eigenvalue weighted by Gasteiger charge is -2.07. The smallest absolute Gasteiger partial charge is 0.0554 e. The molecule has 0 saturated heterocycles. The SMILES string of the molecule is CCOC(C)CCI. The van der Waals surface area contributed by atoms with Gasteiger partial charge in [0, 0.05) is 11.0 Å². The molecule has 0 heterocycles. The molecule has 0 aromatic rings. The number of halogens is 1. The summed E-state index contributed by atoms with van der Waals surface area (Å²) in [6.45, 7) is 4.99. The molecule has 1 nitrogen and oxygen atoms in total. The molecule has 0 aromatic carbocycles. The second kappa shape index (κ2) is 5.82. The van der Waals surface area contributed by atoms with Gasteiger partial charge in [0.05, 0.1) is 6.10 Å². The van der Waals surface area contributed by atoms with Crippen LogP contribution >= 0.6 is 22.6 Å². The molecule has 0 aliphatic heterocycles. The highest BCUT2D eigenvalue weighted by atomic mass is 127. The summed E-state index contributed by atoms with van der Waals surface area (Å²) in [6.07, 6.45) is 1.63. The van der Waals surface area contributed by atoms with E-state index in [1.165, 1.54) is 10.8 Å². The van der Waals surface area contributed by atoms with Gasteiger partial charge in [-0.15, -0.1) is 0 Å². The summed E-state index contributed by atoms with van der Waals surface area (Å²) in [5, 5.41) is 0. The lowest BCUT2D eigenvalue weighted by molar-refractivity contribution is 0.0752. The molecular weight excluding hydrogens is 215 g/mol. The van der Waals surface area contributed by atoms with Crippen molar-refractivity contribution < 1.29 is 4.74 Å². The van der Waals surface area contributed by atoms with Gasteiger partial charge in [-0.05, 0) is 20.3 Å². The van der Waals surface area contributed by atoms with Crippen LogP contribution in [0.3, 0.4) is 0 Å². The Balaban J connectivity index is 2.92. The molecule has 0 N–H and O–H groups in total. The molecule has 1 atom stereocenters. The molecule has 1 unspecified atom stereocenters. The van der Waals surface area contributed by atoms with Crippen LogP contribution in [0.15, 0.2) is 0 Å². The highest BCUT2D eigenvalue weighted by molar-refractivity contribution is 14.1. The highest BCUT2D eigenvalue weighted by Gasteiger charge is 1.96. The molecule has 0 rings (SSSR count). The minimum atomic E-state index is 0.455. The Kier molecular flexibility index (Phi) is 6.32. The zero-order valence-electron chi connectivity index (χ0n) is 5.48. The van der Waals surface area contributed by atoms with E-state index in [2.05, 4.69) is 29.5 Å². The van der Waals surface area contributed by atoms with Crippen LogP contribution < -0.4 is 0 Å². The Morgan fingerprint density at radius 1 is 1.62 bits per heavy atom. The quantitative estimate of drug-likeness (QED) is 0.529. The van der Waals surface area contributed by atoms with Gasteiger partial charge in [-0.2, -0.15) is 0 Å². The molecule has 0 aromatic heterocycles. The van der Waals surface area contributed by atoms with E-state index in [4.69, 9.17) is 4.74 Å². The molecular formula is C6H13IO. The third kappa shape index (κ3) is 4.84. The third-order valence-corrected chi connectivity index (χ3v) is 1.59. The molecule has 0 aliphatic carbocycles. The topological polar surface area (TPSA) is 9.23 Å². The van der Waals surface area contributed by atoms with Gasteiger partial charge >= 0.3 is 0 Å². The van der Waals surface area contributed by atoms with Crippen LogP contribution in [0, 0.1) is 0 Å². The fourth-order valence-corrected chi connectivity index (χ4v) is 1.40. The lowest BCUT2D eigenvalue weighted by Crippen LogP contribution is -2.07. The van der Waals surface area contributed by atoms with Crippen molar-refractivity contribution in [3.63, 3.8) is 0 Å². The molecule has 0 amide bonds. The highest BCUT2D eigenvalue weighted by Crippen LogP contribution is 1.99. The van der Waals surface area contributed by atoms with E-state index in [1.807, 2.05) is 6.92 Å². The Labute approximate surface area is 64.9 Å². The standard InChI is InChI=1S/C6H13IO/c1-3-8-6(2)4-5-7/h6H,3-5H2,1-2H3. The Hall–Kier alpha value is 0.690. The lowest BCUT2D eigenvalue weighted by atomic mass is 10.3. The van der Waals surface area contributed by atoms with Crippen LogP contribution in [0.2, 0.25) is 0 Å². The molecule has 0 saturated carbocycles. The van der Waals surface area contributed by atoms with E-state index >= 15 is 0 Å². The first-order valence-corrected chi connectivity index (χ1v) is 4.51. The predicted molar refractivity (Wildman–Crippen MR) is 44.6 cm³/mol. The molecule has 0 aliphatic rings.